The van der Waals surface area contributed by atoms with Crippen molar-refractivity contribution in [3.63, 3.8) is 0 Å². The summed E-state index contributed by atoms with van der Waals surface area (Å²) in [6.07, 6.45) is 0.614. The summed E-state index contributed by atoms with van der Waals surface area (Å²) in [6, 6.07) is 0. The maximum atomic E-state index is 11.7. The van der Waals surface area contributed by atoms with Crippen molar-refractivity contribution >= 4 is 11.8 Å². The van der Waals surface area contributed by atoms with Gasteiger partial charge in [-0.2, -0.15) is 5.06 Å². The van der Waals surface area contributed by atoms with Gasteiger partial charge in [0.05, 0.1) is 12.5 Å². The molecule has 0 saturated carbocycles. The first-order valence-corrected chi connectivity index (χ1v) is 5.46. The average Bonchev–Trinajstić information content (AvgIpc) is 2.23. The molecule has 1 unspecified atom stereocenters. The molecule has 1 fully saturated rings. The van der Waals surface area contributed by atoms with Gasteiger partial charge in [0.25, 0.3) is 0 Å². The number of hydroxylamine groups is 2. The minimum absolute atomic E-state index is 0.000697. The SMILES string of the molecule is CC(C)(C)OC(=O)C1CCN(O)CC(=O)C1. The highest BCUT2D eigenvalue weighted by Crippen LogP contribution is 2.19. The first-order valence-electron chi connectivity index (χ1n) is 5.46. The van der Waals surface area contributed by atoms with Crippen molar-refractivity contribution < 1.29 is 19.5 Å². The summed E-state index contributed by atoms with van der Waals surface area (Å²) in [5.41, 5.74) is -0.536. The zero-order valence-corrected chi connectivity index (χ0v) is 10.0. The first-order chi connectivity index (χ1) is 7.28. The van der Waals surface area contributed by atoms with Gasteiger partial charge in [0.15, 0.2) is 0 Å². The Hall–Kier alpha value is -0.940. The number of ether oxygens (including phenoxy) is 1. The molecule has 1 atom stereocenters. The van der Waals surface area contributed by atoms with E-state index in [2.05, 4.69) is 0 Å². The predicted octanol–water partition coefficient (Wildman–Crippen LogP) is 0.998. The zero-order valence-electron chi connectivity index (χ0n) is 10.0. The maximum Gasteiger partial charge on any atom is 0.309 e. The lowest BCUT2D eigenvalue weighted by atomic mass is 10.00. The van der Waals surface area contributed by atoms with E-state index in [-0.39, 0.29) is 24.7 Å². The summed E-state index contributed by atoms with van der Waals surface area (Å²) < 4.78 is 5.22. The first kappa shape index (κ1) is 13.1. The standard InChI is InChI=1S/C11H19NO4/c1-11(2,3)16-10(14)8-4-5-12(15)7-9(13)6-8/h8,15H,4-7H2,1-3H3. The van der Waals surface area contributed by atoms with Crippen LogP contribution in [-0.4, -0.2) is 40.7 Å². The van der Waals surface area contributed by atoms with Crippen LogP contribution in [0.5, 0.6) is 0 Å². The van der Waals surface area contributed by atoms with Gasteiger partial charge in [-0.05, 0) is 27.2 Å². The highest BCUT2D eigenvalue weighted by atomic mass is 16.6. The molecule has 1 aliphatic rings. The number of ketones is 1. The quantitative estimate of drug-likeness (QED) is 0.679. The van der Waals surface area contributed by atoms with Crippen molar-refractivity contribution in [2.24, 2.45) is 5.92 Å². The van der Waals surface area contributed by atoms with E-state index in [0.717, 1.165) is 5.06 Å². The Morgan fingerprint density at radius 3 is 2.69 bits per heavy atom. The molecule has 5 nitrogen and oxygen atoms in total. The highest BCUT2D eigenvalue weighted by Gasteiger charge is 2.30. The monoisotopic (exact) mass is 229 g/mol. The molecule has 0 spiro atoms. The van der Waals surface area contributed by atoms with Crippen molar-refractivity contribution in [2.45, 2.75) is 39.2 Å². The normalized spacial score (nSPS) is 24.0. The minimum Gasteiger partial charge on any atom is -0.460 e. The van der Waals surface area contributed by atoms with Crippen molar-refractivity contribution in [3.8, 4) is 0 Å². The summed E-state index contributed by atoms with van der Waals surface area (Å²) >= 11 is 0. The summed E-state index contributed by atoms with van der Waals surface area (Å²) in [5, 5.41) is 10.2. The third kappa shape index (κ3) is 4.28. The van der Waals surface area contributed by atoms with E-state index in [4.69, 9.17) is 4.74 Å². The molecule has 0 amide bonds. The summed E-state index contributed by atoms with van der Waals surface area (Å²) in [6.45, 7) is 5.71. The lowest BCUT2D eigenvalue weighted by Gasteiger charge is -2.22. The maximum absolute atomic E-state index is 11.7. The molecular formula is C11H19NO4. The van der Waals surface area contributed by atoms with Crippen LogP contribution in [0.25, 0.3) is 0 Å². The second-order valence-electron chi connectivity index (χ2n) is 5.15. The van der Waals surface area contributed by atoms with Gasteiger partial charge in [-0.1, -0.05) is 0 Å². The van der Waals surface area contributed by atoms with Crippen LogP contribution < -0.4 is 0 Å². The Bertz CT molecular complexity index is 282. The van der Waals surface area contributed by atoms with E-state index < -0.39 is 11.5 Å². The van der Waals surface area contributed by atoms with Crippen molar-refractivity contribution in [2.75, 3.05) is 13.1 Å². The number of esters is 1. The smallest absolute Gasteiger partial charge is 0.309 e. The Morgan fingerprint density at radius 2 is 2.12 bits per heavy atom. The number of Topliss-reactive ketones (excluding diaryl/α,β-unsaturated/α-hetero) is 1. The number of nitrogens with zero attached hydrogens (tertiary/aromatic N) is 1. The second kappa shape index (κ2) is 4.93. The van der Waals surface area contributed by atoms with E-state index in [1.807, 2.05) is 0 Å². The molecule has 5 heteroatoms. The van der Waals surface area contributed by atoms with E-state index in [1.165, 1.54) is 0 Å². The Kier molecular flexibility index (Phi) is 4.04. The average molecular weight is 229 g/mol. The van der Waals surface area contributed by atoms with E-state index in [1.54, 1.807) is 20.8 Å². The number of carbonyl (C=O) groups is 2. The fourth-order valence-corrected chi connectivity index (χ4v) is 1.62. The molecular weight excluding hydrogens is 210 g/mol. The number of carbonyl (C=O) groups excluding carboxylic acids is 2. The van der Waals surface area contributed by atoms with Crippen LogP contribution in [0.1, 0.15) is 33.6 Å². The minimum atomic E-state index is -0.536. The molecule has 0 aromatic heterocycles. The summed E-state index contributed by atoms with van der Waals surface area (Å²) in [5.74, 6) is -0.907. The molecule has 0 aliphatic carbocycles. The molecule has 0 aromatic carbocycles. The van der Waals surface area contributed by atoms with Gasteiger partial charge >= 0.3 is 5.97 Å². The molecule has 1 N–H and O–H groups in total. The molecule has 1 saturated heterocycles. The topological polar surface area (TPSA) is 66.8 Å². The van der Waals surface area contributed by atoms with Gasteiger partial charge in [0.1, 0.15) is 11.4 Å². The van der Waals surface area contributed by atoms with Crippen molar-refractivity contribution in [1.82, 2.24) is 5.06 Å². The molecule has 92 valence electrons. The summed E-state index contributed by atoms with van der Waals surface area (Å²) in [4.78, 5) is 23.1. The van der Waals surface area contributed by atoms with E-state index in [0.29, 0.717) is 13.0 Å². The van der Waals surface area contributed by atoms with Gasteiger partial charge in [0.2, 0.25) is 0 Å². The second-order valence-corrected chi connectivity index (χ2v) is 5.15. The number of hydrogen-bond donors (Lipinski definition) is 1. The lowest BCUT2D eigenvalue weighted by molar-refractivity contribution is -0.161. The van der Waals surface area contributed by atoms with Crippen LogP contribution in [0, 0.1) is 5.92 Å². The number of rotatable bonds is 1. The molecule has 1 rings (SSSR count). The van der Waals surface area contributed by atoms with Gasteiger partial charge in [-0.15, -0.1) is 0 Å². The van der Waals surface area contributed by atoms with Gasteiger partial charge < -0.3 is 9.94 Å². The van der Waals surface area contributed by atoms with E-state index in [9.17, 15) is 14.8 Å². The molecule has 0 aromatic rings. The zero-order chi connectivity index (χ0) is 12.3. The van der Waals surface area contributed by atoms with Gasteiger partial charge in [-0.25, -0.2) is 0 Å². The Balaban J connectivity index is 2.59. The largest absolute Gasteiger partial charge is 0.460 e. The van der Waals surface area contributed by atoms with Crippen LogP contribution in [0.2, 0.25) is 0 Å². The van der Waals surface area contributed by atoms with Crippen LogP contribution in [0.15, 0.2) is 0 Å². The van der Waals surface area contributed by atoms with Crippen molar-refractivity contribution in [1.29, 1.82) is 0 Å². The Labute approximate surface area is 95.3 Å². The van der Waals surface area contributed by atoms with Crippen molar-refractivity contribution in [3.05, 3.63) is 0 Å². The van der Waals surface area contributed by atoms with Crippen LogP contribution in [-0.2, 0) is 14.3 Å². The molecule has 0 bridgehead atoms. The fraction of sp³-hybridized carbons (Fsp3) is 0.818. The number of hydrogen-bond acceptors (Lipinski definition) is 5. The van der Waals surface area contributed by atoms with Crippen LogP contribution in [0.3, 0.4) is 0 Å². The lowest BCUT2D eigenvalue weighted by Crippen LogP contribution is -2.29. The molecule has 16 heavy (non-hydrogen) atoms. The van der Waals surface area contributed by atoms with Crippen LogP contribution >= 0.6 is 0 Å². The third-order valence-electron chi connectivity index (χ3n) is 2.31. The van der Waals surface area contributed by atoms with E-state index >= 15 is 0 Å². The Morgan fingerprint density at radius 1 is 1.50 bits per heavy atom. The van der Waals surface area contributed by atoms with Gasteiger partial charge in [0, 0.05) is 13.0 Å². The highest BCUT2D eigenvalue weighted by molar-refractivity contribution is 5.86. The van der Waals surface area contributed by atoms with Crippen LogP contribution in [0.4, 0.5) is 0 Å². The molecule has 1 heterocycles. The third-order valence-corrected chi connectivity index (χ3v) is 2.31. The predicted molar refractivity (Wildman–Crippen MR) is 56.9 cm³/mol. The molecule has 1 aliphatic heterocycles. The molecule has 0 radical (unpaired) electrons. The summed E-state index contributed by atoms with van der Waals surface area (Å²) in [7, 11) is 0. The fourth-order valence-electron chi connectivity index (χ4n) is 1.62. The van der Waals surface area contributed by atoms with Gasteiger partial charge in [-0.3, -0.25) is 9.59 Å².